The lowest BCUT2D eigenvalue weighted by Crippen LogP contribution is -2.31. The molecule has 1 aliphatic heterocycles. The summed E-state index contributed by atoms with van der Waals surface area (Å²) in [6.07, 6.45) is 2.09. The Morgan fingerprint density at radius 1 is 1.40 bits per heavy atom. The minimum Gasteiger partial charge on any atom is -0.307 e. The number of hydrogen-bond acceptors (Lipinski definition) is 2. The van der Waals surface area contributed by atoms with Gasteiger partial charge in [-0.15, -0.1) is 0 Å². The van der Waals surface area contributed by atoms with Crippen molar-refractivity contribution in [2.45, 2.75) is 32.7 Å². The first-order chi connectivity index (χ1) is 7.18. The number of Topliss-reactive ketones (excluding diaryl/α,β-unsaturated/α-hetero) is 1. The number of rotatable bonds is 2. The van der Waals surface area contributed by atoms with Gasteiger partial charge in [0, 0.05) is 5.56 Å². The number of carbonyl (C=O) groups excluding carboxylic acids is 1. The number of aryl methyl sites for hydroxylation is 2. The second kappa shape index (κ2) is 4.15. The fourth-order valence-electron chi connectivity index (χ4n) is 2.10. The van der Waals surface area contributed by atoms with Crippen LogP contribution in [0.1, 0.15) is 34.3 Å². The molecule has 0 amide bonds. The molecule has 1 saturated heterocycles. The van der Waals surface area contributed by atoms with Crippen molar-refractivity contribution in [1.29, 1.82) is 0 Å². The van der Waals surface area contributed by atoms with E-state index < -0.39 is 0 Å². The third-order valence-electron chi connectivity index (χ3n) is 3.04. The van der Waals surface area contributed by atoms with E-state index in [1.807, 2.05) is 32.0 Å². The second-order valence-electron chi connectivity index (χ2n) is 4.33. The standard InChI is InChI=1S/C13H17NO/c1-9-5-6-10(2)11(8-9)13(15)12-4-3-7-14-12/h5-6,8,12,14H,3-4,7H2,1-2H3/t12-/m0/s1. The smallest absolute Gasteiger partial charge is 0.179 e. The lowest BCUT2D eigenvalue weighted by molar-refractivity contribution is 0.0951. The van der Waals surface area contributed by atoms with Crippen molar-refractivity contribution in [1.82, 2.24) is 5.32 Å². The summed E-state index contributed by atoms with van der Waals surface area (Å²) >= 11 is 0. The van der Waals surface area contributed by atoms with E-state index in [0.29, 0.717) is 0 Å². The van der Waals surface area contributed by atoms with Crippen LogP contribution in [0.3, 0.4) is 0 Å². The van der Waals surface area contributed by atoms with E-state index in [1.165, 1.54) is 0 Å². The number of ketones is 1. The summed E-state index contributed by atoms with van der Waals surface area (Å²) in [6, 6.07) is 6.12. The molecular formula is C13H17NO. The Hall–Kier alpha value is -1.15. The lowest BCUT2D eigenvalue weighted by Gasteiger charge is -2.11. The highest BCUT2D eigenvalue weighted by atomic mass is 16.1. The maximum Gasteiger partial charge on any atom is 0.179 e. The first-order valence-electron chi connectivity index (χ1n) is 5.53. The van der Waals surface area contributed by atoms with Crippen LogP contribution in [0, 0.1) is 13.8 Å². The molecule has 1 atom stereocenters. The van der Waals surface area contributed by atoms with E-state index in [9.17, 15) is 4.79 Å². The zero-order chi connectivity index (χ0) is 10.8. The highest BCUT2D eigenvalue weighted by Crippen LogP contribution is 2.16. The van der Waals surface area contributed by atoms with Crippen LogP contribution in [-0.4, -0.2) is 18.4 Å². The first kappa shape index (κ1) is 10.4. The molecule has 1 heterocycles. The Balaban J connectivity index is 2.27. The van der Waals surface area contributed by atoms with Crippen molar-refractivity contribution in [3.63, 3.8) is 0 Å². The van der Waals surface area contributed by atoms with E-state index in [4.69, 9.17) is 0 Å². The second-order valence-corrected chi connectivity index (χ2v) is 4.33. The van der Waals surface area contributed by atoms with E-state index in [2.05, 4.69) is 5.32 Å². The molecule has 0 aromatic heterocycles. The molecule has 0 saturated carbocycles. The molecule has 1 aliphatic rings. The quantitative estimate of drug-likeness (QED) is 0.747. The third kappa shape index (κ3) is 2.10. The first-order valence-corrected chi connectivity index (χ1v) is 5.53. The number of nitrogens with one attached hydrogen (secondary N) is 1. The Kier molecular flexibility index (Phi) is 2.87. The van der Waals surface area contributed by atoms with Crippen molar-refractivity contribution in [2.24, 2.45) is 0 Å². The van der Waals surface area contributed by atoms with E-state index in [1.54, 1.807) is 0 Å². The molecule has 1 aromatic rings. The zero-order valence-corrected chi connectivity index (χ0v) is 9.34. The minimum atomic E-state index is 0.0468. The van der Waals surface area contributed by atoms with Crippen LogP contribution in [-0.2, 0) is 0 Å². The van der Waals surface area contributed by atoms with Crippen molar-refractivity contribution in [3.8, 4) is 0 Å². The van der Waals surface area contributed by atoms with Crippen LogP contribution in [0.15, 0.2) is 18.2 Å². The van der Waals surface area contributed by atoms with Gasteiger partial charge in [-0.2, -0.15) is 0 Å². The Morgan fingerprint density at radius 3 is 2.87 bits per heavy atom. The van der Waals surface area contributed by atoms with Crippen LogP contribution in [0.4, 0.5) is 0 Å². The third-order valence-corrected chi connectivity index (χ3v) is 3.04. The minimum absolute atomic E-state index is 0.0468. The molecule has 1 fully saturated rings. The van der Waals surface area contributed by atoms with Gasteiger partial charge in [0.2, 0.25) is 0 Å². The van der Waals surface area contributed by atoms with Gasteiger partial charge in [0.15, 0.2) is 5.78 Å². The lowest BCUT2D eigenvalue weighted by atomic mass is 9.97. The Bertz CT molecular complexity index is 378. The van der Waals surface area contributed by atoms with Crippen molar-refractivity contribution < 1.29 is 4.79 Å². The number of benzene rings is 1. The fourth-order valence-corrected chi connectivity index (χ4v) is 2.10. The molecule has 80 valence electrons. The van der Waals surface area contributed by atoms with E-state index in [-0.39, 0.29) is 11.8 Å². The summed E-state index contributed by atoms with van der Waals surface area (Å²) in [5.41, 5.74) is 3.12. The van der Waals surface area contributed by atoms with E-state index in [0.717, 1.165) is 36.1 Å². The fraction of sp³-hybridized carbons (Fsp3) is 0.462. The van der Waals surface area contributed by atoms with Gasteiger partial charge in [0.05, 0.1) is 6.04 Å². The molecule has 0 aliphatic carbocycles. The topological polar surface area (TPSA) is 29.1 Å². The molecule has 2 rings (SSSR count). The van der Waals surface area contributed by atoms with Crippen LogP contribution in [0.2, 0.25) is 0 Å². The van der Waals surface area contributed by atoms with Gasteiger partial charge in [-0.1, -0.05) is 17.7 Å². The van der Waals surface area contributed by atoms with Crippen molar-refractivity contribution >= 4 is 5.78 Å². The zero-order valence-electron chi connectivity index (χ0n) is 9.34. The summed E-state index contributed by atoms with van der Waals surface area (Å²) in [6.45, 7) is 5.00. The SMILES string of the molecule is Cc1ccc(C)c(C(=O)[C@@H]2CCCN2)c1. The summed E-state index contributed by atoms with van der Waals surface area (Å²) in [4.78, 5) is 12.2. The maximum absolute atomic E-state index is 12.2. The molecule has 1 N–H and O–H groups in total. The van der Waals surface area contributed by atoms with Crippen molar-refractivity contribution in [2.75, 3.05) is 6.54 Å². The average Bonchev–Trinajstić information content (AvgIpc) is 2.74. The average molecular weight is 203 g/mol. The highest BCUT2D eigenvalue weighted by Gasteiger charge is 2.24. The molecule has 15 heavy (non-hydrogen) atoms. The number of carbonyl (C=O) groups is 1. The van der Waals surface area contributed by atoms with E-state index >= 15 is 0 Å². The van der Waals surface area contributed by atoms with Crippen LogP contribution >= 0.6 is 0 Å². The molecule has 2 nitrogen and oxygen atoms in total. The molecule has 0 radical (unpaired) electrons. The van der Waals surface area contributed by atoms with Crippen LogP contribution in [0.25, 0.3) is 0 Å². The monoisotopic (exact) mass is 203 g/mol. The summed E-state index contributed by atoms with van der Waals surface area (Å²) in [7, 11) is 0. The molecule has 0 unspecified atom stereocenters. The molecular weight excluding hydrogens is 186 g/mol. The largest absolute Gasteiger partial charge is 0.307 e. The molecule has 2 heteroatoms. The van der Waals surface area contributed by atoms with Gasteiger partial charge in [-0.25, -0.2) is 0 Å². The van der Waals surface area contributed by atoms with Gasteiger partial charge in [0.1, 0.15) is 0 Å². The summed E-state index contributed by atoms with van der Waals surface area (Å²) < 4.78 is 0. The predicted octanol–water partition coefficient (Wildman–Crippen LogP) is 2.24. The Labute approximate surface area is 90.7 Å². The van der Waals surface area contributed by atoms with Crippen LogP contribution < -0.4 is 5.32 Å². The number of hydrogen-bond donors (Lipinski definition) is 1. The van der Waals surface area contributed by atoms with Gasteiger partial charge in [0.25, 0.3) is 0 Å². The molecule has 0 spiro atoms. The molecule has 0 bridgehead atoms. The Morgan fingerprint density at radius 2 is 2.20 bits per heavy atom. The summed E-state index contributed by atoms with van der Waals surface area (Å²) in [5, 5.41) is 3.25. The van der Waals surface area contributed by atoms with Gasteiger partial charge < -0.3 is 5.32 Å². The predicted molar refractivity (Wildman–Crippen MR) is 61.3 cm³/mol. The summed E-state index contributed by atoms with van der Waals surface area (Å²) in [5.74, 6) is 0.258. The molecule has 1 aromatic carbocycles. The van der Waals surface area contributed by atoms with Gasteiger partial charge in [-0.05, 0) is 44.9 Å². The van der Waals surface area contributed by atoms with Gasteiger partial charge >= 0.3 is 0 Å². The highest BCUT2D eigenvalue weighted by molar-refractivity contribution is 6.01. The normalized spacial score (nSPS) is 20.5. The van der Waals surface area contributed by atoms with Gasteiger partial charge in [-0.3, -0.25) is 4.79 Å². The van der Waals surface area contributed by atoms with Crippen LogP contribution in [0.5, 0.6) is 0 Å². The van der Waals surface area contributed by atoms with Crippen molar-refractivity contribution in [3.05, 3.63) is 34.9 Å². The maximum atomic E-state index is 12.2.